The van der Waals surface area contributed by atoms with Gasteiger partial charge in [-0.15, -0.1) is 0 Å². The third-order valence-corrected chi connectivity index (χ3v) is 9.37. The fourth-order valence-corrected chi connectivity index (χ4v) is 6.59. The maximum Gasteiger partial charge on any atom is 0.255 e. The second-order valence-corrected chi connectivity index (χ2v) is 12.4. The number of rotatable bonds is 8. The summed E-state index contributed by atoms with van der Waals surface area (Å²) in [4.78, 5) is 15.2. The summed E-state index contributed by atoms with van der Waals surface area (Å²) in [6.45, 7) is 6.27. The number of carbonyl (C=O) groups is 1. The molecule has 40 heavy (non-hydrogen) atoms. The molecule has 0 aromatic heterocycles. The first kappa shape index (κ1) is 27.8. The van der Waals surface area contributed by atoms with Crippen molar-refractivity contribution in [3.63, 3.8) is 0 Å². The van der Waals surface area contributed by atoms with E-state index in [1.165, 1.54) is 16.7 Å². The first-order chi connectivity index (χ1) is 19.3. The zero-order valence-corrected chi connectivity index (χ0v) is 23.7. The van der Waals surface area contributed by atoms with E-state index in [1.807, 2.05) is 60.7 Å². The van der Waals surface area contributed by atoms with Crippen LogP contribution in [-0.4, -0.2) is 49.7 Å². The van der Waals surface area contributed by atoms with Crippen molar-refractivity contribution < 1.29 is 13.2 Å². The smallest absolute Gasteiger partial charge is 0.255 e. The maximum atomic E-state index is 13.5. The van der Waals surface area contributed by atoms with Gasteiger partial charge in [-0.25, -0.2) is 8.42 Å². The highest BCUT2D eigenvalue weighted by atomic mass is 32.2. The lowest BCUT2D eigenvalue weighted by molar-refractivity contribution is 0.102. The minimum absolute atomic E-state index is 0.0664. The van der Waals surface area contributed by atoms with Crippen molar-refractivity contribution in [2.75, 3.05) is 31.5 Å². The van der Waals surface area contributed by atoms with Crippen LogP contribution in [0.4, 0.5) is 5.69 Å². The molecule has 0 spiro atoms. The summed E-state index contributed by atoms with van der Waals surface area (Å²) in [6, 6.07) is 34.7. The molecular weight excluding hydrogens is 518 g/mol. The van der Waals surface area contributed by atoms with E-state index in [2.05, 4.69) is 48.3 Å². The van der Waals surface area contributed by atoms with Crippen LogP contribution in [0, 0.1) is 0 Å². The van der Waals surface area contributed by atoms with Crippen LogP contribution in [-0.2, 0) is 10.0 Å². The van der Waals surface area contributed by atoms with Gasteiger partial charge in [0.15, 0.2) is 0 Å². The van der Waals surface area contributed by atoms with Crippen molar-refractivity contribution in [2.24, 2.45) is 0 Å². The molecule has 0 unspecified atom stereocenters. The van der Waals surface area contributed by atoms with Gasteiger partial charge < -0.3 is 5.32 Å². The molecule has 206 valence electrons. The fraction of sp³-hybridized carbons (Fsp3) is 0.242. The molecule has 0 atom stereocenters. The predicted octanol–water partition coefficient (Wildman–Crippen LogP) is 6.16. The van der Waals surface area contributed by atoms with Gasteiger partial charge >= 0.3 is 0 Å². The van der Waals surface area contributed by atoms with E-state index in [9.17, 15) is 13.2 Å². The monoisotopic (exact) mass is 553 g/mol. The van der Waals surface area contributed by atoms with Crippen LogP contribution in [0.2, 0.25) is 0 Å². The molecule has 1 fully saturated rings. The van der Waals surface area contributed by atoms with Gasteiger partial charge in [-0.3, -0.25) is 9.69 Å². The summed E-state index contributed by atoms with van der Waals surface area (Å²) in [6.07, 6.45) is 0. The molecule has 1 heterocycles. The fourth-order valence-electron chi connectivity index (χ4n) is 5.17. The molecule has 1 aliphatic heterocycles. The van der Waals surface area contributed by atoms with E-state index in [4.69, 9.17) is 0 Å². The Morgan fingerprint density at radius 2 is 1.20 bits per heavy atom. The van der Waals surface area contributed by atoms with E-state index in [0.29, 0.717) is 43.3 Å². The summed E-state index contributed by atoms with van der Waals surface area (Å²) in [5, 5.41) is 2.86. The standard InChI is InChI=1S/C33H35N3O3S/c1-25(2)26-13-15-29(16-14-26)33(37)34-30-17-19-31(20-18-30)40(38,39)36-23-21-35(22-24-36)32(27-9-5-3-6-10-27)28-11-7-4-8-12-28/h3-20,25,32H,21-24H2,1-2H3,(H,34,37). The number of anilines is 1. The van der Waals surface area contributed by atoms with Crippen molar-refractivity contribution in [3.8, 4) is 0 Å². The SMILES string of the molecule is CC(C)c1ccc(C(=O)Nc2ccc(S(=O)(=O)N3CCN(C(c4ccccc4)c4ccccc4)CC3)cc2)cc1. The van der Waals surface area contributed by atoms with E-state index in [1.54, 1.807) is 28.6 Å². The number of benzene rings is 4. The Kier molecular flexibility index (Phi) is 8.45. The molecule has 1 N–H and O–H groups in total. The lowest BCUT2D eigenvalue weighted by Gasteiger charge is -2.39. The Morgan fingerprint density at radius 1 is 0.675 bits per heavy atom. The number of nitrogens with one attached hydrogen (secondary N) is 1. The minimum atomic E-state index is -3.66. The number of hydrogen-bond acceptors (Lipinski definition) is 4. The lowest BCUT2D eigenvalue weighted by atomic mass is 9.96. The van der Waals surface area contributed by atoms with Crippen LogP contribution >= 0.6 is 0 Å². The number of sulfonamides is 1. The highest BCUT2D eigenvalue weighted by molar-refractivity contribution is 7.89. The summed E-state index contributed by atoms with van der Waals surface area (Å²) in [7, 11) is -3.66. The molecule has 1 amide bonds. The van der Waals surface area contributed by atoms with E-state index < -0.39 is 10.0 Å². The van der Waals surface area contributed by atoms with Crippen molar-refractivity contribution in [2.45, 2.75) is 30.7 Å². The Balaban J connectivity index is 1.24. The Bertz CT molecular complexity index is 1470. The summed E-state index contributed by atoms with van der Waals surface area (Å²) in [5.74, 6) is 0.164. The zero-order valence-electron chi connectivity index (χ0n) is 22.9. The van der Waals surface area contributed by atoms with E-state index in [0.717, 1.165) is 0 Å². The Morgan fingerprint density at radius 3 is 1.70 bits per heavy atom. The van der Waals surface area contributed by atoms with Gasteiger partial charge in [0, 0.05) is 37.4 Å². The van der Waals surface area contributed by atoms with Gasteiger partial charge in [0.25, 0.3) is 5.91 Å². The average molecular weight is 554 g/mol. The number of piperazine rings is 1. The average Bonchev–Trinajstić information content (AvgIpc) is 2.99. The molecule has 0 aliphatic carbocycles. The molecule has 7 heteroatoms. The first-order valence-corrected chi connectivity index (χ1v) is 15.1. The molecule has 0 bridgehead atoms. The van der Waals surface area contributed by atoms with E-state index in [-0.39, 0.29) is 16.8 Å². The van der Waals surface area contributed by atoms with Crippen LogP contribution < -0.4 is 5.32 Å². The van der Waals surface area contributed by atoms with Gasteiger partial charge in [0.2, 0.25) is 10.0 Å². The largest absolute Gasteiger partial charge is 0.322 e. The second-order valence-electron chi connectivity index (χ2n) is 10.4. The minimum Gasteiger partial charge on any atom is -0.322 e. The molecular formula is C33H35N3O3S. The third-order valence-electron chi connectivity index (χ3n) is 7.46. The Hall–Kier alpha value is -3.78. The lowest BCUT2D eigenvalue weighted by Crippen LogP contribution is -2.49. The second kappa shape index (κ2) is 12.2. The van der Waals surface area contributed by atoms with Gasteiger partial charge in [-0.2, -0.15) is 4.31 Å². The van der Waals surface area contributed by atoms with Crippen molar-refractivity contribution in [1.29, 1.82) is 0 Å². The molecule has 5 rings (SSSR count). The van der Waals surface area contributed by atoms with Crippen LogP contribution in [0.15, 0.2) is 114 Å². The highest BCUT2D eigenvalue weighted by Crippen LogP contribution is 2.30. The van der Waals surface area contributed by atoms with Gasteiger partial charge in [0.05, 0.1) is 10.9 Å². The van der Waals surface area contributed by atoms with Crippen molar-refractivity contribution in [1.82, 2.24) is 9.21 Å². The quantitative estimate of drug-likeness (QED) is 0.284. The molecule has 4 aromatic rings. The van der Waals surface area contributed by atoms with Gasteiger partial charge in [-0.1, -0.05) is 86.6 Å². The summed E-state index contributed by atoms with van der Waals surface area (Å²) < 4.78 is 28.5. The number of amides is 1. The topological polar surface area (TPSA) is 69.7 Å². The number of hydrogen-bond donors (Lipinski definition) is 1. The number of nitrogens with zero attached hydrogens (tertiary/aromatic N) is 2. The van der Waals surface area contributed by atoms with Gasteiger partial charge in [-0.05, 0) is 59.0 Å². The Labute approximate surface area is 237 Å². The zero-order chi connectivity index (χ0) is 28.1. The molecule has 0 saturated carbocycles. The molecule has 1 saturated heterocycles. The third kappa shape index (κ3) is 6.17. The summed E-state index contributed by atoms with van der Waals surface area (Å²) >= 11 is 0. The molecule has 4 aromatic carbocycles. The normalized spacial score (nSPS) is 14.9. The molecule has 0 radical (unpaired) electrons. The van der Waals surface area contributed by atoms with Crippen molar-refractivity contribution >= 4 is 21.6 Å². The number of carbonyl (C=O) groups excluding carboxylic acids is 1. The highest BCUT2D eigenvalue weighted by Gasteiger charge is 2.32. The van der Waals surface area contributed by atoms with E-state index >= 15 is 0 Å². The summed E-state index contributed by atoms with van der Waals surface area (Å²) in [5.41, 5.74) is 4.66. The maximum absolute atomic E-state index is 13.5. The van der Waals surface area contributed by atoms with Crippen LogP contribution in [0.25, 0.3) is 0 Å². The molecule has 6 nitrogen and oxygen atoms in total. The van der Waals surface area contributed by atoms with Crippen molar-refractivity contribution in [3.05, 3.63) is 131 Å². The van der Waals surface area contributed by atoms with Crippen LogP contribution in [0.5, 0.6) is 0 Å². The predicted molar refractivity (Wildman–Crippen MR) is 160 cm³/mol. The van der Waals surface area contributed by atoms with Crippen LogP contribution in [0.3, 0.4) is 0 Å². The van der Waals surface area contributed by atoms with Gasteiger partial charge in [0.1, 0.15) is 0 Å². The van der Waals surface area contributed by atoms with Crippen LogP contribution in [0.1, 0.15) is 52.9 Å². The molecule has 1 aliphatic rings. The first-order valence-electron chi connectivity index (χ1n) is 13.7.